The zero-order chi connectivity index (χ0) is 41.4. The summed E-state index contributed by atoms with van der Waals surface area (Å²) >= 11 is 0. The van der Waals surface area contributed by atoms with E-state index in [4.69, 9.17) is 9.15 Å². The lowest BCUT2D eigenvalue weighted by molar-refractivity contribution is -0.235. The molecule has 0 saturated heterocycles. The van der Waals surface area contributed by atoms with Crippen molar-refractivity contribution in [1.29, 1.82) is 0 Å². The Morgan fingerprint density at radius 1 is 0.946 bits per heavy atom. The first-order chi connectivity index (χ1) is 25.9. The number of ether oxygens (including phenoxy) is 1. The van der Waals surface area contributed by atoms with Crippen molar-refractivity contribution in [3.63, 3.8) is 0 Å². The number of fused-ring (bicyclic) bond motifs is 7. The summed E-state index contributed by atoms with van der Waals surface area (Å²) in [6.07, 6.45) is 6.92. The highest BCUT2D eigenvalue weighted by Gasteiger charge is 2.71. The Morgan fingerprint density at radius 2 is 1.64 bits per heavy atom. The van der Waals surface area contributed by atoms with E-state index >= 15 is 0 Å². The van der Waals surface area contributed by atoms with Gasteiger partial charge in [-0.1, -0.05) is 54.0 Å². The molecule has 4 saturated carbocycles. The predicted molar refractivity (Wildman–Crippen MR) is 214 cm³/mol. The number of ketones is 1. The van der Waals surface area contributed by atoms with E-state index in [0.29, 0.717) is 43.1 Å². The lowest BCUT2D eigenvalue weighted by Crippen LogP contribution is -2.66. The summed E-state index contributed by atoms with van der Waals surface area (Å²) in [7, 11) is 4.10. The van der Waals surface area contributed by atoms with Crippen molar-refractivity contribution in [3.05, 3.63) is 22.9 Å². The minimum Gasteiger partial charge on any atom is -0.481 e. The van der Waals surface area contributed by atoms with Gasteiger partial charge in [-0.3, -0.25) is 19.3 Å². The highest BCUT2D eigenvalue weighted by Crippen LogP contribution is 2.77. The Kier molecular flexibility index (Phi) is 11.4. The molecule has 2 unspecified atom stereocenters. The van der Waals surface area contributed by atoms with E-state index in [-0.39, 0.29) is 51.8 Å². The molecule has 0 spiro atoms. The molecule has 1 heterocycles. The number of carbonyl (C=O) groups excluding carboxylic acids is 2. The molecule has 4 fully saturated rings. The molecule has 5 aliphatic carbocycles. The molecule has 5 aliphatic rings. The van der Waals surface area contributed by atoms with Crippen molar-refractivity contribution in [2.24, 2.45) is 56.2 Å². The number of carboxylic acids is 1. The number of aromatic nitrogens is 2. The molecule has 1 aromatic rings. The van der Waals surface area contributed by atoms with Gasteiger partial charge < -0.3 is 24.3 Å². The van der Waals surface area contributed by atoms with Crippen molar-refractivity contribution >= 4 is 17.7 Å². The lowest BCUT2D eigenvalue weighted by Gasteiger charge is -2.72. The van der Waals surface area contributed by atoms with E-state index in [1.807, 2.05) is 0 Å². The van der Waals surface area contributed by atoms with Gasteiger partial charge in [-0.25, -0.2) is 0 Å². The number of aliphatic hydroxyl groups is 1. The number of hydrogen-bond donors (Lipinski definition) is 2. The highest BCUT2D eigenvalue weighted by atomic mass is 16.5. The number of aliphatic carboxylic acids is 1. The SMILES string of the molecule is Cc1nnc(CN(CCN(C)C)CC(O)C23CC[C@]4(C)[C@H](CC[C@@H]5[C@@]6(C)CC[C@H](OC(=O)CC(C)(C)C(=O)O)C(C)(C)[C@@H]6CC[C@]54C)C2=C(C(C)C)C(=O)C3)o1. The van der Waals surface area contributed by atoms with E-state index in [1.54, 1.807) is 20.8 Å². The first-order valence-electron chi connectivity index (χ1n) is 21.5. The number of carboxylic acid groups (broad SMARTS) is 1. The van der Waals surface area contributed by atoms with E-state index in [2.05, 4.69) is 82.6 Å². The summed E-state index contributed by atoms with van der Waals surface area (Å²) in [5.41, 5.74) is 0.245. The average molecular weight is 781 g/mol. The maximum absolute atomic E-state index is 14.3. The monoisotopic (exact) mass is 781 g/mol. The maximum atomic E-state index is 14.3. The van der Waals surface area contributed by atoms with Crippen LogP contribution in [-0.2, 0) is 25.7 Å². The van der Waals surface area contributed by atoms with E-state index in [0.717, 1.165) is 70.0 Å². The van der Waals surface area contributed by atoms with Gasteiger partial charge in [0.1, 0.15) is 6.10 Å². The average Bonchev–Trinajstić information content (AvgIpc) is 3.64. The number of hydrogen-bond acceptors (Lipinski definition) is 10. The number of carbonyl (C=O) groups is 3. The van der Waals surface area contributed by atoms with E-state index in [9.17, 15) is 24.6 Å². The van der Waals surface area contributed by atoms with Crippen LogP contribution in [0.3, 0.4) is 0 Å². The summed E-state index contributed by atoms with van der Waals surface area (Å²) < 4.78 is 12.0. The fourth-order valence-electron chi connectivity index (χ4n) is 13.5. The van der Waals surface area contributed by atoms with Gasteiger partial charge in [0.05, 0.1) is 24.5 Å². The molecule has 314 valence electrons. The number of rotatable bonds is 13. The normalized spacial score (nSPS) is 36.0. The topological polar surface area (TPSA) is 146 Å². The number of allylic oxidation sites excluding steroid dienone is 1. The van der Waals surface area contributed by atoms with Gasteiger partial charge in [-0.05, 0) is 125 Å². The third kappa shape index (κ3) is 7.01. The Bertz CT molecular complexity index is 1710. The second-order valence-corrected chi connectivity index (χ2v) is 21.3. The number of Topliss-reactive ketones (excluding diaryl/α,β-unsaturated/α-hetero) is 1. The molecule has 0 bridgehead atoms. The smallest absolute Gasteiger partial charge is 0.309 e. The molecule has 11 heteroatoms. The molecule has 2 N–H and O–H groups in total. The molecular weight excluding hydrogens is 709 g/mol. The van der Waals surface area contributed by atoms with Crippen LogP contribution in [0.4, 0.5) is 0 Å². The third-order valence-electron chi connectivity index (χ3n) is 16.7. The Labute approximate surface area is 335 Å². The fraction of sp³-hybridized carbons (Fsp3) is 0.844. The summed E-state index contributed by atoms with van der Waals surface area (Å²) in [5.74, 6) is 0.977. The predicted octanol–water partition coefficient (Wildman–Crippen LogP) is 7.50. The van der Waals surface area contributed by atoms with Crippen LogP contribution in [0, 0.1) is 63.1 Å². The molecule has 0 aromatic carbocycles. The largest absolute Gasteiger partial charge is 0.481 e. The fourth-order valence-corrected chi connectivity index (χ4v) is 13.5. The number of likely N-dealkylation sites (N-methyl/N-ethyl adjacent to an activating group) is 1. The first kappa shape index (κ1) is 43.0. The Morgan fingerprint density at radius 3 is 2.25 bits per heavy atom. The standard InChI is InChI=1S/C45H72N4O7/c1-27(2)37-30(50)23-45(33(51)25-49(22-21-48(11)12)26-35-47-46-28(3)55-35)20-19-43(9)29(38(37)45)13-14-32-42(8)17-16-34(56-36(52)24-40(4,5)39(53)54)41(6,7)31(42)15-18-44(32,43)10/h27,29,31-34,51H,13-26H2,1-12H3,(H,53,54)/t29-,31+,32-,33?,34+,42+,43-,44-,45?/m1/s1. The lowest BCUT2D eigenvalue weighted by atomic mass is 9.33. The van der Waals surface area contributed by atoms with Crippen LogP contribution in [-0.4, -0.2) is 93.9 Å². The first-order valence-corrected chi connectivity index (χ1v) is 21.5. The Hall–Kier alpha value is -2.63. The Balaban J connectivity index is 1.29. The maximum Gasteiger partial charge on any atom is 0.309 e. The van der Waals surface area contributed by atoms with Gasteiger partial charge in [0.15, 0.2) is 5.78 Å². The summed E-state index contributed by atoms with van der Waals surface area (Å²) in [6.45, 7) is 23.8. The van der Waals surface area contributed by atoms with Crippen LogP contribution < -0.4 is 0 Å². The van der Waals surface area contributed by atoms with Crippen molar-refractivity contribution in [2.75, 3.05) is 33.7 Å². The summed E-state index contributed by atoms with van der Waals surface area (Å²) in [5, 5.41) is 30.6. The minimum absolute atomic E-state index is 0.0255. The zero-order valence-electron chi connectivity index (χ0n) is 36.6. The number of aliphatic hydroxyl groups excluding tert-OH is 1. The van der Waals surface area contributed by atoms with Crippen LogP contribution in [0.2, 0.25) is 0 Å². The number of aryl methyl sites for hydroxylation is 1. The molecular formula is C45H72N4O7. The molecule has 11 nitrogen and oxygen atoms in total. The van der Waals surface area contributed by atoms with Gasteiger partial charge in [0, 0.05) is 43.8 Å². The molecule has 0 aliphatic heterocycles. The zero-order valence-corrected chi connectivity index (χ0v) is 36.6. The molecule has 0 amide bonds. The van der Waals surface area contributed by atoms with Crippen molar-refractivity contribution < 1.29 is 33.8 Å². The number of nitrogens with zero attached hydrogens (tertiary/aromatic N) is 4. The minimum atomic E-state index is -1.17. The van der Waals surface area contributed by atoms with Gasteiger partial charge in [-0.15, -0.1) is 10.2 Å². The van der Waals surface area contributed by atoms with E-state index < -0.39 is 28.9 Å². The highest BCUT2D eigenvalue weighted by molar-refractivity contribution is 6.00. The van der Waals surface area contributed by atoms with Crippen molar-refractivity contribution in [3.8, 4) is 0 Å². The van der Waals surface area contributed by atoms with Crippen LogP contribution in [0.5, 0.6) is 0 Å². The van der Waals surface area contributed by atoms with Gasteiger partial charge in [0.25, 0.3) is 0 Å². The van der Waals surface area contributed by atoms with Crippen LogP contribution in [0.15, 0.2) is 15.6 Å². The molecule has 0 radical (unpaired) electrons. The second kappa shape index (κ2) is 14.9. The second-order valence-electron chi connectivity index (χ2n) is 21.3. The molecule has 9 atom stereocenters. The summed E-state index contributed by atoms with van der Waals surface area (Å²) in [4.78, 5) is 43.6. The van der Waals surface area contributed by atoms with Gasteiger partial charge in [0.2, 0.25) is 11.8 Å². The van der Waals surface area contributed by atoms with Crippen LogP contribution in [0.25, 0.3) is 0 Å². The quantitative estimate of drug-likeness (QED) is 0.192. The summed E-state index contributed by atoms with van der Waals surface area (Å²) in [6, 6.07) is 0. The molecule has 56 heavy (non-hydrogen) atoms. The van der Waals surface area contributed by atoms with Crippen LogP contribution in [0.1, 0.15) is 138 Å². The van der Waals surface area contributed by atoms with Crippen molar-refractivity contribution in [1.82, 2.24) is 20.0 Å². The molecule has 1 aromatic heterocycles. The third-order valence-corrected chi connectivity index (χ3v) is 16.7. The molecule has 6 rings (SSSR count). The van der Waals surface area contributed by atoms with Crippen LogP contribution >= 0.6 is 0 Å². The van der Waals surface area contributed by atoms with Gasteiger partial charge >= 0.3 is 11.9 Å². The van der Waals surface area contributed by atoms with E-state index in [1.165, 1.54) is 5.57 Å². The van der Waals surface area contributed by atoms with Gasteiger partial charge in [-0.2, -0.15) is 0 Å². The number of esters is 1. The van der Waals surface area contributed by atoms with Crippen molar-refractivity contribution in [2.45, 2.75) is 152 Å².